The normalized spacial score (nSPS) is 23.9. The summed E-state index contributed by atoms with van der Waals surface area (Å²) in [5, 5.41) is 1.35. The van der Waals surface area contributed by atoms with Gasteiger partial charge < -0.3 is 18.8 Å². The number of carbonyl (C=O) groups is 2. The average molecular weight is 501 g/mol. The maximum absolute atomic E-state index is 13.3. The Bertz CT molecular complexity index is 922. The van der Waals surface area contributed by atoms with Crippen molar-refractivity contribution in [2.24, 2.45) is 11.3 Å². The molecule has 1 aromatic rings. The first-order chi connectivity index (χ1) is 16.3. The number of benzene rings is 1. The van der Waals surface area contributed by atoms with E-state index in [4.69, 9.17) is 18.8 Å². The van der Waals surface area contributed by atoms with Gasteiger partial charge in [-0.15, -0.1) is 0 Å². The van der Waals surface area contributed by atoms with Crippen LogP contribution in [0.2, 0.25) is 19.1 Å². The van der Waals surface area contributed by atoms with Crippen LogP contribution in [0.15, 0.2) is 41.9 Å². The Balaban J connectivity index is 2.01. The van der Waals surface area contributed by atoms with Crippen molar-refractivity contribution in [3.63, 3.8) is 0 Å². The van der Waals surface area contributed by atoms with Crippen LogP contribution in [0, 0.1) is 11.3 Å². The molecule has 1 atom stereocenters. The fourth-order valence-electron chi connectivity index (χ4n) is 5.20. The van der Waals surface area contributed by atoms with Gasteiger partial charge in [-0.2, -0.15) is 0 Å². The van der Waals surface area contributed by atoms with Crippen molar-refractivity contribution in [2.75, 3.05) is 13.2 Å². The molecular weight excluding hydrogens is 459 g/mol. The van der Waals surface area contributed by atoms with E-state index in [1.165, 1.54) is 5.19 Å². The zero-order chi connectivity index (χ0) is 26.1. The summed E-state index contributed by atoms with van der Waals surface area (Å²) in [7, 11) is -2.44. The first-order valence-corrected chi connectivity index (χ1v) is 15.9. The molecule has 1 aliphatic heterocycles. The smallest absolute Gasteiger partial charge is 0.465 e. The second-order valence-electron chi connectivity index (χ2n) is 11.4. The Labute approximate surface area is 211 Å². The van der Waals surface area contributed by atoms with Crippen LogP contribution in [-0.2, 0) is 28.4 Å². The summed E-state index contributed by atoms with van der Waals surface area (Å²) >= 11 is 0. The molecule has 0 bridgehead atoms. The third-order valence-electron chi connectivity index (χ3n) is 7.89. The van der Waals surface area contributed by atoms with Crippen molar-refractivity contribution in [1.29, 1.82) is 0 Å². The fourth-order valence-corrected chi connectivity index (χ4v) is 8.17. The molecule has 0 spiro atoms. The van der Waals surface area contributed by atoms with Crippen LogP contribution in [0.3, 0.4) is 0 Å². The molecule has 1 saturated carbocycles. The van der Waals surface area contributed by atoms with Crippen molar-refractivity contribution >= 4 is 32.3 Å². The van der Waals surface area contributed by atoms with E-state index in [1.807, 2.05) is 39.7 Å². The number of hydrogen-bond donors (Lipinski definition) is 0. The minimum absolute atomic E-state index is 0.0182. The first-order valence-electron chi connectivity index (χ1n) is 12.7. The van der Waals surface area contributed by atoms with Gasteiger partial charge in [-0.05, 0) is 66.3 Å². The summed E-state index contributed by atoms with van der Waals surface area (Å²) in [5.41, 5.74) is -1.27. The molecule has 192 valence electrons. The molecule has 1 aliphatic carbocycles. The minimum atomic E-state index is -1.89. The summed E-state index contributed by atoms with van der Waals surface area (Å²) in [6.07, 6.45) is 0.637. The lowest BCUT2D eigenvalue weighted by atomic mass is 9.83. The van der Waals surface area contributed by atoms with E-state index in [0.29, 0.717) is 6.42 Å². The van der Waals surface area contributed by atoms with Crippen molar-refractivity contribution < 1.29 is 28.4 Å². The van der Waals surface area contributed by atoms with Gasteiger partial charge in [-0.1, -0.05) is 60.2 Å². The zero-order valence-electron chi connectivity index (χ0n) is 22.6. The molecule has 1 unspecified atom stereocenters. The van der Waals surface area contributed by atoms with E-state index in [0.717, 1.165) is 11.6 Å². The van der Waals surface area contributed by atoms with Gasteiger partial charge >= 0.3 is 19.1 Å². The molecule has 3 rings (SSSR count). The van der Waals surface area contributed by atoms with Crippen molar-refractivity contribution in [1.82, 2.24) is 0 Å². The number of hydrogen-bond acceptors (Lipinski definition) is 6. The Morgan fingerprint density at radius 2 is 1.51 bits per heavy atom. The molecule has 2 aliphatic rings. The van der Waals surface area contributed by atoms with E-state index in [-0.39, 0.29) is 25.6 Å². The molecule has 0 radical (unpaired) electrons. The van der Waals surface area contributed by atoms with Gasteiger partial charge in [0, 0.05) is 0 Å². The van der Waals surface area contributed by atoms with E-state index >= 15 is 0 Å². The molecule has 1 heterocycles. The Morgan fingerprint density at radius 3 is 2.00 bits per heavy atom. The molecule has 1 saturated heterocycles. The highest BCUT2D eigenvalue weighted by molar-refractivity contribution is 6.89. The van der Waals surface area contributed by atoms with Crippen molar-refractivity contribution in [3.05, 3.63) is 41.9 Å². The van der Waals surface area contributed by atoms with Gasteiger partial charge in [-0.3, -0.25) is 9.59 Å². The summed E-state index contributed by atoms with van der Waals surface area (Å²) in [5.74, 6) is 1.02. The maximum Gasteiger partial charge on any atom is 0.487 e. The molecule has 0 N–H and O–H groups in total. The molecule has 0 aromatic heterocycles. The first kappa shape index (κ1) is 27.7. The van der Waals surface area contributed by atoms with Crippen molar-refractivity contribution in [3.8, 4) is 0 Å². The highest BCUT2D eigenvalue weighted by atomic mass is 28.3. The molecule has 2 fully saturated rings. The van der Waals surface area contributed by atoms with Crippen LogP contribution in [-0.4, -0.2) is 51.5 Å². The van der Waals surface area contributed by atoms with E-state index in [9.17, 15) is 9.59 Å². The lowest BCUT2D eigenvalue weighted by molar-refractivity contribution is -0.171. The Morgan fingerprint density at radius 1 is 1.00 bits per heavy atom. The second-order valence-corrected chi connectivity index (χ2v) is 16.2. The topological polar surface area (TPSA) is 71.1 Å². The molecule has 1 aromatic carbocycles. The number of carbonyl (C=O) groups excluding carboxylic acids is 2. The molecule has 8 heteroatoms. The quantitative estimate of drug-likeness (QED) is 0.293. The highest BCUT2D eigenvalue weighted by Crippen LogP contribution is 2.51. The lowest BCUT2D eigenvalue weighted by Gasteiger charge is -2.32. The monoisotopic (exact) mass is 500 g/mol. The standard InChI is InChI=1S/C27H41BO6Si/c1-9-31-23(29)27(24(30)32-10-2)16-20(18-28-33-25(3,4)26(5,6)34-28)21(17-27)19-35(7,8)22-14-12-11-13-15-22/h11-15,18,21H,9-10,16-17,19H2,1-8H3. The molecule has 0 amide bonds. The summed E-state index contributed by atoms with van der Waals surface area (Å²) in [4.78, 5) is 26.5. The van der Waals surface area contributed by atoms with E-state index in [1.54, 1.807) is 13.8 Å². The minimum Gasteiger partial charge on any atom is -0.465 e. The van der Waals surface area contributed by atoms with Gasteiger partial charge in [-0.25, -0.2) is 0 Å². The number of esters is 2. The summed E-state index contributed by atoms with van der Waals surface area (Å²) in [6, 6.07) is 11.4. The predicted octanol–water partition coefficient (Wildman–Crippen LogP) is 4.68. The van der Waals surface area contributed by atoms with Gasteiger partial charge in [0.15, 0.2) is 5.41 Å². The van der Waals surface area contributed by atoms with E-state index < -0.39 is 43.7 Å². The second kappa shape index (κ2) is 10.2. The lowest BCUT2D eigenvalue weighted by Crippen LogP contribution is -2.43. The Kier molecular flexibility index (Phi) is 8.09. The Hall–Kier alpha value is -1.90. The average Bonchev–Trinajstić information content (AvgIpc) is 3.22. The third kappa shape index (κ3) is 5.60. The van der Waals surface area contributed by atoms with Gasteiger partial charge in [0.05, 0.1) is 32.5 Å². The van der Waals surface area contributed by atoms with Gasteiger partial charge in [0.2, 0.25) is 0 Å². The number of rotatable bonds is 8. The van der Waals surface area contributed by atoms with Crippen LogP contribution in [0.25, 0.3) is 0 Å². The van der Waals surface area contributed by atoms with Crippen LogP contribution < -0.4 is 5.19 Å². The summed E-state index contributed by atoms with van der Waals surface area (Å²) < 4.78 is 23.4. The largest absolute Gasteiger partial charge is 0.487 e. The molecular formula is C27H41BO6Si. The summed E-state index contributed by atoms with van der Waals surface area (Å²) in [6.45, 7) is 16.7. The van der Waals surface area contributed by atoms with Crippen molar-refractivity contribution in [2.45, 2.75) is 84.7 Å². The number of ether oxygens (including phenoxy) is 2. The van der Waals surface area contributed by atoms with Gasteiger partial charge in [0.25, 0.3) is 0 Å². The zero-order valence-corrected chi connectivity index (χ0v) is 23.6. The fraction of sp³-hybridized carbons (Fsp3) is 0.630. The van der Waals surface area contributed by atoms with Crippen LogP contribution in [0.4, 0.5) is 0 Å². The van der Waals surface area contributed by atoms with Crippen LogP contribution in [0.5, 0.6) is 0 Å². The van der Waals surface area contributed by atoms with Gasteiger partial charge in [0.1, 0.15) is 0 Å². The van der Waals surface area contributed by atoms with Crippen LogP contribution in [0.1, 0.15) is 54.4 Å². The van der Waals surface area contributed by atoms with E-state index in [2.05, 4.69) is 37.4 Å². The third-order valence-corrected chi connectivity index (χ3v) is 11.3. The maximum atomic E-state index is 13.3. The molecule has 35 heavy (non-hydrogen) atoms. The molecule has 6 nitrogen and oxygen atoms in total. The number of allylic oxidation sites excluding steroid dienone is 1. The SMILES string of the molecule is CCOC(=O)C1(C(=O)OCC)CC(=CB2OC(C)(C)C(C)(C)O2)C(C[Si](C)(C)c2ccccc2)C1. The highest BCUT2D eigenvalue weighted by Gasteiger charge is 2.57. The van der Waals surface area contributed by atoms with Crippen LogP contribution >= 0.6 is 0 Å². The predicted molar refractivity (Wildman–Crippen MR) is 141 cm³/mol.